The lowest BCUT2D eigenvalue weighted by molar-refractivity contribution is 0.458. The van der Waals surface area contributed by atoms with E-state index in [9.17, 15) is 0 Å². The fourth-order valence-electron chi connectivity index (χ4n) is 1.99. The Morgan fingerprint density at radius 3 is 2.95 bits per heavy atom. The summed E-state index contributed by atoms with van der Waals surface area (Å²) >= 11 is 9.65. The van der Waals surface area contributed by atoms with E-state index in [2.05, 4.69) is 26.2 Å². The molecule has 3 nitrogen and oxygen atoms in total. The van der Waals surface area contributed by atoms with Crippen molar-refractivity contribution in [3.05, 3.63) is 51.1 Å². The second-order valence-corrected chi connectivity index (χ2v) is 6.60. The molecule has 1 heterocycles. The van der Waals surface area contributed by atoms with Crippen molar-refractivity contribution in [1.29, 1.82) is 0 Å². The third-order valence-electron chi connectivity index (χ3n) is 3.43. The highest BCUT2D eigenvalue weighted by Crippen LogP contribution is 2.29. The highest BCUT2D eigenvalue weighted by atomic mass is 79.9. The molecule has 0 saturated heterocycles. The van der Waals surface area contributed by atoms with E-state index in [1.807, 2.05) is 31.2 Å². The van der Waals surface area contributed by atoms with Gasteiger partial charge in [0.15, 0.2) is 0 Å². The van der Waals surface area contributed by atoms with E-state index in [0.717, 1.165) is 27.9 Å². The third-order valence-corrected chi connectivity index (χ3v) is 4.27. The molecule has 1 aliphatic rings. The standard InChI is InChI=1S/C16H16BrClN2O/c1-10-2-3-12(17)7-15(10)21-16-6-11(14(18)9-20-16)8-19-13-4-5-13/h2-3,6-7,9,13,19H,4-5,8H2,1H3. The van der Waals surface area contributed by atoms with Gasteiger partial charge in [-0.1, -0.05) is 33.6 Å². The molecule has 1 fully saturated rings. The fourth-order valence-corrected chi connectivity index (χ4v) is 2.50. The molecule has 1 aromatic heterocycles. The van der Waals surface area contributed by atoms with Gasteiger partial charge in [-0.3, -0.25) is 0 Å². The molecule has 0 atom stereocenters. The number of hydrogen-bond donors (Lipinski definition) is 1. The van der Waals surface area contributed by atoms with Crippen molar-refractivity contribution in [2.24, 2.45) is 0 Å². The number of nitrogens with one attached hydrogen (secondary N) is 1. The molecule has 0 amide bonds. The Bertz CT molecular complexity index is 659. The molecule has 5 heteroatoms. The van der Waals surface area contributed by atoms with E-state index >= 15 is 0 Å². The number of hydrogen-bond acceptors (Lipinski definition) is 3. The van der Waals surface area contributed by atoms with Crippen LogP contribution in [0.1, 0.15) is 24.0 Å². The molecule has 0 aliphatic heterocycles. The van der Waals surface area contributed by atoms with Gasteiger partial charge in [-0.25, -0.2) is 4.98 Å². The Labute approximate surface area is 137 Å². The van der Waals surface area contributed by atoms with Gasteiger partial charge in [-0.15, -0.1) is 0 Å². The van der Waals surface area contributed by atoms with Crippen molar-refractivity contribution < 1.29 is 4.74 Å². The van der Waals surface area contributed by atoms with Crippen molar-refractivity contribution in [2.45, 2.75) is 32.4 Å². The molecule has 21 heavy (non-hydrogen) atoms. The van der Waals surface area contributed by atoms with Gasteiger partial charge in [0.1, 0.15) is 5.75 Å². The van der Waals surface area contributed by atoms with Crippen LogP contribution in [0.4, 0.5) is 0 Å². The van der Waals surface area contributed by atoms with E-state index in [0.29, 0.717) is 16.9 Å². The average molecular weight is 368 g/mol. The summed E-state index contributed by atoms with van der Waals surface area (Å²) in [4.78, 5) is 4.25. The highest BCUT2D eigenvalue weighted by Gasteiger charge is 2.20. The summed E-state index contributed by atoms with van der Waals surface area (Å²) in [6.45, 7) is 2.76. The lowest BCUT2D eigenvalue weighted by atomic mass is 10.2. The number of nitrogens with zero attached hydrogens (tertiary/aromatic N) is 1. The number of rotatable bonds is 5. The fraction of sp³-hybridized carbons (Fsp3) is 0.312. The van der Waals surface area contributed by atoms with Crippen LogP contribution in [0.15, 0.2) is 34.9 Å². The average Bonchev–Trinajstić information content (AvgIpc) is 3.27. The minimum Gasteiger partial charge on any atom is -0.439 e. The topological polar surface area (TPSA) is 34.1 Å². The maximum Gasteiger partial charge on any atom is 0.219 e. The summed E-state index contributed by atoms with van der Waals surface area (Å²) in [5, 5.41) is 4.12. The zero-order valence-electron chi connectivity index (χ0n) is 11.7. The molecule has 3 rings (SSSR count). The van der Waals surface area contributed by atoms with Gasteiger partial charge >= 0.3 is 0 Å². The molecule has 0 unspecified atom stereocenters. The van der Waals surface area contributed by atoms with Gasteiger partial charge in [0.2, 0.25) is 5.88 Å². The van der Waals surface area contributed by atoms with Crippen LogP contribution in [0.2, 0.25) is 5.02 Å². The molecule has 2 aromatic rings. The number of ether oxygens (including phenoxy) is 1. The number of pyridine rings is 1. The van der Waals surface area contributed by atoms with Gasteiger partial charge in [-0.05, 0) is 43.0 Å². The minimum absolute atomic E-state index is 0.563. The molecular weight excluding hydrogens is 352 g/mol. The Kier molecular flexibility index (Phi) is 4.48. The first-order chi connectivity index (χ1) is 10.1. The zero-order valence-corrected chi connectivity index (χ0v) is 14.0. The predicted molar refractivity (Wildman–Crippen MR) is 88.1 cm³/mol. The van der Waals surface area contributed by atoms with Crippen molar-refractivity contribution in [3.8, 4) is 11.6 Å². The van der Waals surface area contributed by atoms with Crippen LogP contribution in [0.3, 0.4) is 0 Å². The van der Waals surface area contributed by atoms with E-state index in [-0.39, 0.29) is 0 Å². The van der Waals surface area contributed by atoms with Crippen LogP contribution in [-0.4, -0.2) is 11.0 Å². The normalized spacial score (nSPS) is 14.2. The van der Waals surface area contributed by atoms with Gasteiger partial charge in [0.05, 0.1) is 5.02 Å². The van der Waals surface area contributed by atoms with Crippen LogP contribution in [0.25, 0.3) is 0 Å². The first kappa shape index (κ1) is 14.8. The van der Waals surface area contributed by atoms with Crippen molar-refractivity contribution >= 4 is 27.5 Å². The Morgan fingerprint density at radius 2 is 2.19 bits per heavy atom. The molecule has 0 bridgehead atoms. The van der Waals surface area contributed by atoms with Crippen molar-refractivity contribution in [1.82, 2.24) is 10.3 Å². The smallest absolute Gasteiger partial charge is 0.219 e. The maximum atomic E-state index is 6.19. The quantitative estimate of drug-likeness (QED) is 0.820. The van der Waals surface area contributed by atoms with Crippen LogP contribution in [0, 0.1) is 6.92 Å². The lowest BCUT2D eigenvalue weighted by Crippen LogP contribution is -2.15. The second kappa shape index (κ2) is 6.34. The van der Waals surface area contributed by atoms with Crippen LogP contribution >= 0.6 is 27.5 Å². The zero-order chi connectivity index (χ0) is 14.8. The van der Waals surface area contributed by atoms with Crippen LogP contribution in [0.5, 0.6) is 11.6 Å². The van der Waals surface area contributed by atoms with Crippen molar-refractivity contribution in [2.75, 3.05) is 0 Å². The summed E-state index contributed by atoms with van der Waals surface area (Å²) in [5.41, 5.74) is 2.08. The van der Waals surface area contributed by atoms with Gasteiger partial charge in [0, 0.05) is 29.3 Å². The molecular formula is C16H16BrClN2O. The number of aromatic nitrogens is 1. The maximum absolute atomic E-state index is 6.19. The van der Waals surface area contributed by atoms with E-state index in [1.165, 1.54) is 12.8 Å². The molecule has 0 spiro atoms. The molecule has 1 aromatic carbocycles. The van der Waals surface area contributed by atoms with E-state index < -0.39 is 0 Å². The summed E-state index contributed by atoms with van der Waals surface area (Å²) in [6.07, 6.45) is 4.15. The number of halogens is 2. The first-order valence-corrected chi connectivity index (χ1v) is 8.11. The van der Waals surface area contributed by atoms with Gasteiger partial charge < -0.3 is 10.1 Å². The Balaban J connectivity index is 1.78. The Hall–Kier alpha value is -1.10. The monoisotopic (exact) mass is 366 g/mol. The van der Waals surface area contributed by atoms with Gasteiger partial charge in [0.25, 0.3) is 0 Å². The minimum atomic E-state index is 0.563. The van der Waals surface area contributed by atoms with E-state index in [4.69, 9.17) is 16.3 Å². The summed E-state index contributed by atoms with van der Waals surface area (Å²) in [5.74, 6) is 1.36. The predicted octanol–water partition coefficient (Wildman–Crippen LogP) is 4.85. The summed E-state index contributed by atoms with van der Waals surface area (Å²) < 4.78 is 6.86. The third kappa shape index (κ3) is 3.96. The highest BCUT2D eigenvalue weighted by molar-refractivity contribution is 9.10. The van der Waals surface area contributed by atoms with Gasteiger partial charge in [-0.2, -0.15) is 0 Å². The number of benzene rings is 1. The number of aryl methyl sites for hydroxylation is 1. The SMILES string of the molecule is Cc1ccc(Br)cc1Oc1cc(CNC2CC2)c(Cl)cn1. The molecule has 1 aliphatic carbocycles. The van der Waals surface area contributed by atoms with Crippen LogP contribution in [-0.2, 0) is 6.54 Å². The van der Waals surface area contributed by atoms with E-state index in [1.54, 1.807) is 6.20 Å². The second-order valence-electron chi connectivity index (χ2n) is 5.28. The van der Waals surface area contributed by atoms with Crippen LogP contribution < -0.4 is 10.1 Å². The molecule has 110 valence electrons. The molecule has 1 N–H and O–H groups in total. The van der Waals surface area contributed by atoms with Crippen molar-refractivity contribution in [3.63, 3.8) is 0 Å². The molecule has 0 radical (unpaired) electrons. The first-order valence-electron chi connectivity index (χ1n) is 6.93. The summed E-state index contributed by atoms with van der Waals surface area (Å²) in [6, 6.07) is 8.48. The Morgan fingerprint density at radius 1 is 1.38 bits per heavy atom. The lowest BCUT2D eigenvalue weighted by Gasteiger charge is -2.11. The molecule has 1 saturated carbocycles. The summed E-state index contributed by atoms with van der Waals surface area (Å²) in [7, 11) is 0. The largest absolute Gasteiger partial charge is 0.439 e.